The van der Waals surface area contributed by atoms with Crippen LogP contribution in [0.5, 0.6) is 23.0 Å². The maximum Gasteiger partial charge on any atom is 0.278 e. The number of Topliss-reactive ketones (excluding diaryl/α,β-unsaturated/α-hetero) is 4. The van der Waals surface area contributed by atoms with Crippen LogP contribution in [-0.4, -0.2) is 254 Å². The Balaban J connectivity index is 0.000000152. The topological polar surface area (TPSA) is 430 Å². The molecule has 3 atom stereocenters. The van der Waals surface area contributed by atoms with Crippen LogP contribution >= 0.6 is 11.3 Å². The van der Waals surface area contributed by atoms with Crippen LogP contribution < -0.4 is 41.8 Å². The number of aryl methyl sites for hydroxylation is 5. The number of ketones is 4. The number of hydrogen-bond donors (Lipinski definition) is 4. The molecule has 7 aliphatic rings. The van der Waals surface area contributed by atoms with Gasteiger partial charge in [-0.15, -0.1) is 0 Å². The third kappa shape index (κ3) is 24.5. The summed E-state index contributed by atoms with van der Waals surface area (Å²) in [6.45, 7) is 12.5. The second-order valence-electron chi connectivity index (χ2n) is 34.5. The van der Waals surface area contributed by atoms with E-state index in [1.54, 1.807) is 28.0 Å². The Kier molecular flexibility index (Phi) is 34.4. The lowest BCUT2D eigenvalue weighted by Gasteiger charge is -2.40. The number of nitrogens with zero attached hydrogens (tertiary/aromatic N) is 13. The summed E-state index contributed by atoms with van der Waals surface area (Å²) in [5, 5.41) is 56.9. The number of thiophene rings is 1. The SMILES string of the molecule is CC(=O)N1CN(CC2COCCO2)C(=O)c2c(O)c(=O)c(C(=O)CCc3ccc(F)cc3F)cn21.CCN1CN(CC2COCCO2)C(=O)c2c(O)c(=O)c(C(=O)CCc3ccc(F)cc3F)cn21.CCOCCCN1CN(Cc2cc(C)on2)n2cc(C(=O)CCc3ccc(F)cc3F)c(=O)c(O)c2C1=O.O=C(CCc1ccc(F)cc1F)c1cn2c(c(O)c1=O)C(=O)N(C[C@H]1CCCO1)CN2Cc1ccsc1. The van der Waals surface area contributed by atoms with Gasteiger partial charge < -0.3 is 73.0 Å². The van der Waals surface area contributed by atoms with Crippen LogP contribution in [0.25, 0.3) is 0 Å². The fraction of sp³-hybridized carbons (Fsp3) is 0.388. The molecule has 144 heavy (non-hydrogen) atoms. The van der Waals surface area contributed by atoms with Crippen molar-refractivity contribution in [1.82, 2.24) is 43.5 Å². The molecule has 46 heteroatoms. The summed E-state index contributed by atoms with van der Waals surface area (Å²) < 4.78 is 151. The number of amides is 5. The Morgan fingerprint density at radius 3 is 1.19 bits per heavy atom. The van der Waals surface area contributed by atoms with E-state index in [1.165, 1.54) is 94.7 Å². The van der Waals surface area contributed by atoms with Crippen molar-refractivity contribution in [2.45, 2.75) is 130 Å². The first-order valence-corrected chi connectivity index (χ1v) is 47.0. The van der Waals surface area contributed by atoms with Crippen molar-refractivity contribution in [3.05, 3.63) is 292 Å². The lowest BCUT2D eigenvalue weighted by Crippen LogP contribution is -2.58. The largest absolute Gasteiger partial charge is 0.502 e. The van der Waals surface area contributed by atoms with Gasteiger partial charge in [-0.05, 0) is 135 Å². The highest BCUT2D eigenvalue weighted by molar-refractivity contribution is 7.08. The molecule has 4 N–H and O–H groups in total. The van der Waals surface area contributed by atoms with Crippen LogP contribution in [0.3, 0.4) is 0 Å². The van der Waals surface area contributed by atoms with Crippen molar-refractivity contribution in [1.29, 1.82) is 0 Å². The summed E-state index contributed by atoms with van der Waals surface area (Å²) in [5.74, 6) is -14.6. The normalized spacial score (nSPS) is 16.6. The molecule has 17 rings (SSSR count). The Bertz CT molecular complexity index is 6780. The van der Waals surface area contributed by atoms with E-state index in [0.717, 1.165) is 70.7 Å². The number of carbonyl (C=O) groups is 9. The zero-order valence-electron chi connectivity index (χ0n) is 78.4. The Morgan fingerprint density at radius 1 is 0.451 bits per heavy atom. The molecule has 0 aliphatic carbocycles. The summed E-state index contributed by atoms with van der Waals surface area (Å²) in [6.07, 6.45) is 4.72. The van der Waals surface area contributed by atoms with Gasteiger partial charge >= 0.3 is 0 Å². The molecule has 0 spiro atoms. The minimum atomic E-state index is -1.09. The third-order valence-electron chi connectivity index (χ3n) is 24.5. The number of rotatable bonds is 32. The summed E-state index contributed by atoms with van der Waals surface area (Å²) in [5.41, 5.74) is -4.70. The van der Waals surface area contributed by atoms with Gasteiger partial charge in [0.25, 0.3) is 23.6 Å². The van der Waals surface area contributed by atoms with E-state index in [1.807, 2.05) is 30.7 Å². The fourth-order valence-electron chi connectivity index (χ4n) is 17.1. The van der Waals surface area contributed by atoms with Crippen LogP contribution in [-0.2, 0) is 72.0 Å². The second-order valence-corrected chi connectivity index (χ2v) is 35.2. The number of carbonyl (C=O) groups excluding carboxylic acids is 9. The van der Waals surface area contributed by atoms with Crippen molar-refractivity contribution >= 4 is 64.0 Å². The molecule has 3 saturated heterocycles. The maximum absolute atomic E-state index is 14.0. The van der Waals surface area contributed by atoms with Crippen LogP contribution in [0, 0.1) is 53.5 Å². The molecule has 7 aliphatic heterocycles. The number of fused-ring (bicyclic) bond motifs is 4. The first-order chi connectivity index (χ1) is 69.0. The van der Waals surface area contributed by atoms with Crippen molar-refractivity contribution in [3.8, 4) is 23.0 Å². The average molecular weight is 2030 g/mol. The van der Waals surface area contributed by atoms with E-state index in [0.29, 0.717) is 109 Å². The first kappa shape index (κ1) is 105. The standard InChI is InChI=1S/C26H28F2N4O6.C26H25F2N3O5S.C23H23F2N3O7.C23H25F2N3O6/c1-3-37-10-4-9-30-15-31(13-19-11-16(2)38-29-19)32-14-20(24(34)25(35)23(32)26(30)36)22(33)8-6-17-5-7-18(27)12-21(17)28;27-18-5-3-17(21(28)10-18)4-6-22(32)20-13-31-23(25(34)24(20)33)26(35)29(12-19-2-1-8-36-19)15-30(31)11-16-7-9-37-14-16;1-13(29)28-12-26(9-16-11-34-6-7-35-16)23(33)20-22(32)21(31)17(10-27(20)28)19(30)5-3-14-2-4-15(24)8-18(14)25;1-2-27-13-26(10-16-12-33-7-8-34-16)23(32)20-22(31)21(30)17(11-28(20)27)19(29)6-4-14-3-5-15(24)9-18(14)25/h5,7,11-12,14,35H,3-4,6,8-10,13,15H2,1-2H3;3,5,7,9-10,13-14,19,34H,1-2,4,6,8,11-12,15H2;2,4,8,10,16,32H,3,5-7,9,11-12H2,1H3;3,5,9,11,16,31H,2,4,6-8,10,12-13H2,1H3/t;19-;;/m.1../s1. The van der Waals surface area contributed by atoms with Gasteiger partial charge in [0.1, 0.15) is 84.7 Å². The van der Waals surface area contributed by atoms with Gasteiger partial charge in [0, 0.05) is 127 Å². The van der Waals surface area contributed by atoms with Crippen LogP contribution in [0.15, 0.2) is 144 Å². The van der Waals surface area contributed by atoms with Crippen LogP contribution in [0.2, 0.25) is 0 Å². The molecule has 6 aromatic heterocycles. The van der Waals surface area contributed by atoms with E-state index < -0.39 is 161 Å². The molecule has 5 amide bonds. The zero-order chi connectivity index (χ0) is 103. The highest BCUT2D eigenvalue weighted by atomic mass is 32.1. The molecule has 2 unspecified atom stereocenters. The molecule has 10 aromatic rings. The number of hydrogen-bond acceptors (Lipinski definition) is 29. The Labute approximate surface area is 819 Å². The summed E-state index contributed by atoms with van der Waals surface area (Å²) >= 11 is 1.51. The smallest absolute Gasteiger partial charge is 0.278 e. The first-order valence-electron chi connectivity index (χ1n) is 46.0. The van der Waals surface area contributed by atoms with Crippen molar-refractivity contribution in [3.63, 3.8) is 0 Å². The average Bonchev–Trinajstić information content (AvgIpc) is 0.769. The maximum atomic E-state index is 14.0. The van der Waals surface area contributed by atoms with E-state index in [9.17, 15) is 118 Å². The number of aromatic nitrogens is 5. The number of halogens is 8. The predicted octanol–water partition coefficient (Wildman–Crippen LogP) is 8.76. The van der Waals surface area contributed by atoms with Gasteiger partial charge in [0.2, 0.25) is 27.6 Å². The van der Waals surface area contributed by atoms with Gasteiger partial charge in [-0.1, -0.05) is 29.4 Å². The molecule has 0 saturated carbocycles. The van der Waals surface area contributed by atoms with E-state index >= 15 is 0 Å². The highest BCUT2D eigenvalue weighted by Gasteiger charge is 2.42. The highest BCUT2D eigenvalue weighted by Crippen LogP contribution is 2.32. The van der Waals surface area contributed by atoms with E-state index in [-0.39, 0.29) is 173 Å². The van der Waals surface area contributed by atoms with Crippen LogP contribution in [0.4, 0.5) is 35.1 Å². The van der Waals surface area contributed by atoms with Crippen molar-refractivity contribution in [2.75, 3.05) is 139 Å². The van der Waals surface area contributed by atoms with Crippen molar-refractivity contribution in [2.24, 2.45) is 0 Å². The molecule has 764 valence electrons. The Hall–Kier alpha value is -14.6. The number of aromatic hydroxyl groups is 4. The van der Waals surface area contributed by atoms with E-state index in [2.05, 4.69) is 5.16 Å². The number of benzene rings is 4. The summed E-state index contributed by atoms with van der Waals surface area (Å²) in [6, 6.07) is 15.7. The zero-order valence-corrected chi connectivity index (χ0v) is 79.2. The van der Waals surface area contributed by atoms with E-state index in [4.69, 9.17) is 32.9 Å². The van der Waals surface area contributed by atoms with Gasteiger partial charge in [-0.2, -0.15) is 11.3 Å². The fourth-order valence-corrected chi connectivity index (χ4v) is 17.7. The summed E-state index contributed by atoms with van der Waals surface area (Å²) in [7, 11) is 0. The minimum absolute atomic E-state index is 0.0550. The van der Waals surface area contributed by atoms with Gasteiger partial charge in [0.15, 0.2) is 68.9 Å². The molecule has 4 aromatic carbocycles. The lowest BCUT2D eigenvalue weighted by atomic mass is 10.0. The van der Waals surface area contributed by atoms with Gasteiger partial charge in [-0.25, -0.2) is 44.8 Å². The molecular weight excluding hydrogens is 1930 g/mol. The molecule has 3 fully saturated rings. The molecule has 37 nitrogen and oxygen atoms in total. The lowest BCUT2D eigenvalue weighted by molar-refractivity contribution is -0.119. The monoisotopic (exact) mass is 2030 g/mol. The number of pyridine rings is 4. The molecular formula is C98H101F8N13O24S. The quantitative estimate of drug-likeness (QED) is 0.0174. The molecule has 13 heterocycles. The van der Waals surface area contributed by atoms with Crippen LogP contribution in [0.1, 0.15) is 188 Å². The Morgan fingerprint density at radius 2 is 0.826 bits per heavy atom. The molecule has 0 radical (unpaired) electrons. The number of ether oxygens (including phenoxy) is 6. The van der Waals surface area contributed by atoms with Gasteiger partial charge in [-0.3, -0.25) is 91.4 Å². The van der Waals surface area contributed by atoms with Gasteiger partial charge in [0.05, 0.1) is 106 Å². The predicted molar refractivity (Wildman–Crippen MR) is 497 cm³/mol. The summed E-state index contributed by atoms with van der Waals surface area (Å²) in [4.78, 5) is 174. The second kappa shape index (κ2) is 47.1. The third-order valence-corrected chi connectivity index (χ3v) is 25.3. The molecule has 0 bridgehead atoms. The van der Waals surface area contributed by atoms with Crippen molar-refractivity contribution < 1.29 is 132 Å². The minimum Gasteiger partial charge on any atom is -0.502 e.